The van der Waals surface area contributed by atoms with Gasteiger partial charge in [0.25, 0.3) is 0 Å². The minimum absolute atomic E-state index is 0.103. The van der Waals surface area contributed by atoms with E-state index in [0.29, 0.717) is 58.8 Å². The van der Waals surface area contributed by atoms with Crippen LogP contribution in [0.25, 0.3) is 0 Å². The van der Waals surface area contributed by atoms with Crippen LogP contribution in [0.15, 0.2) is 54.6 Å². The molecule has 0 aromatic heterocycles. The molecule has 5 heterocycles. The highest BCUT2D eigenvalue weighted by molar-refractivity contribution is 6.00. The van der Waals surface area contributed by atoms with Gasteiger partial charge in [0.05, 0.1) is 30.7 Å². The van der Waals surface area contributed by atoms with Crippen LogP contribution in [0.4, 0.5) is 0 Å². The number of morpholine rings is 1. The number of carbonyl (C=O) groups is 3. The third-order valence-corrected chi connectivity index (χ3v) is 9.67. The molecule has 5 aliphatic rings. The summed E-state index contributed by atoms with van der Waals surface area (Å²) in [4.78, 5) is 50.7. The van der Waals surface area contributed by atoms with Gasteiger partial charge in [-0.15, -0.1) is 0 Å². The average Bonchev–Trinajstić information content (AvgIpc) is 3.31. The zero-order chi connectivity index (χ0) is 29.3. The molecule has 0 saturated carbocycles. The summed E-state index contributed by atoms with van der Waals surface area (Å²) in [7, 11) is 0. The maximum Gasteiger partial charge on any atom is 0.249 e. The molecule has 10 heteroatoms. The molecule has 10 nitrogen and oxygen atoms in total. The molecule has 6 rings (SSSR count). The van der Waals surface area contributed by atoms with Crippen molar-refractivity contribution >= 4 is 17.7 Å². The number of aliphatic hydroxyl groups is 1. The third kappa shape index (κ3) is 4.88. The SMILES string of the molecule is CC[C@]12C=CCN(Cc3ccccc3)C(=O)[C@H]1[C@H]1C(=O)N(CCCO)C3C(=O)N(CCN4CCOCC4)CC=C[C@@]31O2. The fourth-order valence-corrected chi connectivity index (χ4v) is 7.57. The number of carbonyl (C=O) groups excluding carboxylic acids is 3. The number of hydrogen-bond donors (Lipinski definition) is 1. The summed E-state index contributed by atoms with van der Waals surface area (Å²) in [6.45, 7) is 7.62. The first-order valence-corrected chi connectivity index (χ1v) is 15.3. The van der Waals surface area contributed by atoms with Gasteiger partial charge in [-0.05, 0) is 18.4 Å². The van der Waals surface area contributed by atoms with E-state index in [2.05, 4.69) is 4.90 Å². The molecule has 5 aliphatic heterocycles. The molecule has 1 spiro atoms. The van der Waals surface area contributed by atoms with Crippen LogP contribution in [-0.4, -0.2) is 125 Å². The topological polar surface area (TPSA) is 103 Å². The normalized spacial score (nSPS) is 33.0. The lowest BCUT2D eigenvalue weighted by molar-refractivity contribution is -0.154. The highest BCUT2D eigenvalue weighted by Gasteiger charge is 2.75. The van der Waals surface area contributed by atoms with Crippen LogP contribution in [0, 0.1) is 11.8 Å². The standard InChI is InChI=1S/C32H42N4O6/c1-2-31-11-6-14-35(23-24-9-4-3-5-10-24)28(38)25(31)26-29(39)36(15-8-20-37)27-30(40)34(13-7-12-32(26,27)42-31)17-16-33-18-21-41-22-19-33/h3-7,9-12,25-27,37H,2,8,13-23H2,1H3/t25-,26+,27?,31+,32+/m1/s1. The minimum Gasteiger partial charge on any atom is -0.396 e. The van der Waals surface area contributed by atoms with Gasteiger partial charge >= 0.3 is 0 Å². The van der Waals surface area contributed by atoms with E-state index in [1.165, 1.54) is 0 Å². The van der Waals surface area contributed by atoms with Crippen molar-refractivity contribution in [2.45, 2.75) is 43.6 Å². The summed E-state index contributed by atoms with van der Waals surface area (Å²) in [6.07, 6.45) is 8.62. The lowest BCUT2D eigenvalue weighted by Gasteiger charge is -2.38. The fourth-order valence-electron chi connectivity index (χ4n) is 7.57. The van der Waals surface area contributed by atoms with E-state index >= 15 is 0 Å². The van der Waals surface area contributed by atoms with Gasteiger partial charge in [0.15, 0.2) is 0 Å². The van der Waals surface area contributed by atoms with Crippen LogP contribution in [0.3, 0.4) is 0 Å². The molecule has 226 valence electrons. The number of likely N-dealkylation sites (tertiary alicyclic amines) is 1. The van der Waals surface area contributed by atoms with Crippen LogP contribution >= 0.6 is 0 Å². The van der Waals surface area contributed by atoms with Gasteiger partial charge < -0.3 is 29.3 Å². The molecule has 3 amide bonds. The molecule has 0 bridgehead atoms. The van der Waals surface area contributed by atoms with Gasteiger partial charge in [0, 0.05) is 59.0 Å². The highest BCUT2D eigenvalue weighted by atomic mass is 16.5. The molecular formula is C32H42N4O6. The number of nitrogens with zero attached hydrogens (tertiary/aromatic N) is 4. The summed E-state index contributed by atoms with van der Waals surface area (Å²) < 4.78 is 12.5. The molecule has 5 atom stereocenters. The van der Waals surface area contributed by atoms with Crippen molar-refractivity contribution in [3.8, 4) is 0 Å². The van der Waals surface area contributed by atoms with Crippen molar-refractivity contribution in [2.24, 2.45) is 11.8 Å². The van der Waals surface area contributed by atoms with Crippen molar-refractivity contribution < 1.29 is 29.0 Å². The van der Waals surface area contributed by atoms with E-state index in [0.717, 1.165) is 18.7 Å². The third-order valence-electron chi connectivity index (χ3n) is 9.67. The minimum atomic E-state index is -1.27. The van der Waals surface area contributed by atoms with E-state index in [1.54, 1.807) is 9.80 Å². The number of hydrogen-bond acceptors (Lipinski definition) is 7. The Morgan fingerprint density at radius 3 is 2.36 bits per heavy atom. The number of aliphatic hydroxyl groups excluding tert-OH is 1. The lowest BCUT2D eigenvalue weighted by Crippen LogP contribution is -2.57. The molecule has 1 aromatic rings. The number of benzene rings is 1. The molecule has 1 N–H and O–H groups in total. The molecule has 42 heavy (non-hydrogen) atoms. The maximum absolute atomic E-state index is 14.4. The van der Waals surface area contributed by atoms with Gasteiger partial charge in [0.2, 0.25) is 17.7 Å². The van der Waals surface area contributed by atoms with Crippen molar-refractivity contribution in [1.82, 2.24) is 19.6 Å². The quantitative estimate of drug-likeness (QED) is 0.437. The Labute approximate surface area is 247 Å². The second-order valence-corrected chi connectivity index (χ2v) is 12.0. The van der Waals surface area contributed by atoms with Crippen LogP contribution < -0.4 is 0 Å². The smallest absolute Gasteiger partial charge is 0.249 e. The molecule has 3 saturated heterocycles. The first-order valence-electron chi connectivity index (χ1n) is 15.3. The highest BCUT2D eigenvalue weighted by Crippen LogP contribution is 2.58. The van der Waals surface area contributed by atoms with Gasteiger partial charge in [-0.1, -0.05) is 61.6 Å². The number of amides is 3. The maximum atomic E-state index is 14.4. The molecule has 1 unspecified atom stereocenters. The van der Waals surface area contributed by atoms with Crippen LogP contribution in [0.1, 0.15) is 25.3 Å². The largest absolute Gasteiger partial charge is 0.396 e. The fraction of sp³-hybridized carbons (Fsp3) is 0.594. The Balaban J connectivity index is 1.35. The first kappa shape index (κ1) is 29.0. The summed E-state index contributed by atoms with van der Waals surface area (Å²) in [5.41, 5.74) is -1.26. The predicted octanol–water partition coefficient (Wildman–Crippen LogP) is 1.06. The van der Waals surface area contributed by atoms with Gasteiger partial charge in [-0.25, -0.2) is 0 Å². The molecule has 1 aromatic carbocycles. The Kier molecular flexibility index (Phi) is 8.24. The Morgan fingerprint density at radius 2 is 1.62 bits per heavy atom. The summed E-state index contributed by atoms with van der Waals surface area (Å²) >= 11 is 0. The Bertz CT molecular complexity index is 1230. The van der Waals surface area contributed by atoms with Crippen LogP contribution in [-0.2, 0) is 30.4 Å². The van der Waals surface area contributed by atoms with Crippen molar-refractivity contribution in [3.05, 3.63) is 60.2 Å². The van der Waals surface area contributed by atoms with Crippen LogP contribution in [0.5, 0.6) is 0 Å². The van der Waals surface area contributed by atoms with E-state index in [1.807, 2.05) is 66.5 Å². The Morgan fingerprint density at radius 1 is 0.881 bits per heavy atom. The molecule has 0 radical (unpaired) electrons. The van der Waals surface area contributed by atoms with Crippen molar-refractivity contribution in [3.63, 3.8) is 0 Å². The second kappa shape index (κ2) is 11.9. The summed E-state index contributed by atoms with van der Waals surface area (Å²) in [5.74, 6) is -2.14. The monoisotopic (exact) mass is 578 g/mol. The zero-order valence-electron chi connectivity index (χ0n) is 24.4. The summed E-state index contributed by atoms with van der Waals surface area (Å²) in [5, 5.41) is 9.67. The summed E-state index contributed by atoms with van der Waals surface area (Å²) in [6, 6.07) is 8.94. The number of ether oxygens (including phenoxy) is 2. The molecule has 0 aliphatic carbocycles. The predicted molar refractivity (Wildman–Crippen MR) is 155 cm³/mol. The lowest BCUT2D eigenvalue weighted by atomic mass is 9.73. The Hall–Kier alpha value is -3.05. The molecule has 3 fully saturated rings. The van der Waals surface area contributed by atoms with Crippen LogP contribution in [0.2, 0.25) is 0 Å². The van der Waals surface area contributed by atoms with Gasteiger partial charge in [-0.3, -0.25) is 19.3 Å². The van der Waals surface area contributed by atoms with Gasteiger partial charge in [0.1, 0.15) is 11.6 Å². The van der Waals surface area contributed by atoms with Gasteiger partial charge in [-0.2, -0.15) is 0 Å². The zero-order valence-corrected chi connectivity index (χ0v) is 24.4. The van der Waals surface area contributed by atoms with E-state index < -0.39 is 29.1 Å². The van der Waals surface area contributed by atoms with E-state index in [9.17, 15) is 19.5 Å². The number of fused-ring (bicyclic) bond motifs is 2. The number of rotatable bonds is 9. The van der Waals surface area contributed by atoms with E-state index in [4.69, 9.17) is 9.47 Å². The second-order valence-electron chi connectivity index (χ2n) is 12.0. The van der Waals surface area contributed by atoms with Crippen molar-refractivity contribution in [1.29, 1.82) is 0 Å². The van der Waals surface area contributed by atoms with Crippen molar-refractivity contribution in [2.75, 3.05) is 65.6 Å². The molecular weight excluding hydrogens is 536 g/mol. The first-order chi connectivity index (χ1) is 20.4. The van der Waals surface area contributed by atoms with E-state index in [-0.39, 0.29) is 30.9 Å². The average molecular weight is 579 g/mol.